The van der Waals surface area contributed by atoms with Crippen LogP contribution < -0.4 is 15.1 Å². The van der Waals surface area contributed by atoms with Crippen molar-refractivity contribution in [1.29, 1.82) is 0 Å². The average Bonchev–Trinajstić information content (AvgIpc) is 2.75. The lowest BCUT2D eigenvalue weighted by Crippen LogP contribution is -2.49. The fourth-order valence-corrected chi connectivity index (χ4v) is 3.85. The SMILES string of the molecule is O=C(NC1CCN(c2ncccn2)CC1)C1CCCN(c2cnccn2)C1. The number of nitrogens with zero attached hydrogens (tertiary/aromatic N) is 6. The van der Waals surface area contributed by atoms with Crippen molar-refractivity contribution in [2.45, 2.75) is 31.7 Å². The Morgan fingerprint density at radius 2 is 1.78 bits per heavy atom. The maximum atomic E-state index is 12.8. The molecule has 4 heterocycles. The topological polar surface area (TPSA) is 87.1 Å². The Kier molecular flexibility index (Phi) is 5.41. The molecule has 8 nitrogen and oxygen atoms in total. The van der Waals surface area contributed by atoms with E-state index in [9.17, 15) is 4.79 Å². The molecular weight excluding hydrogens is 342 g/mol. The standard InChI is InChI=1S/C19H25N7O/c27-18(15-3-1-10-26(14-15)17-13-20-8-9-21-17)24-16-4-11-25(12-5-16)19-22-6-2-7-23-19/h2,6-9,13,15-16H,1,3-5,10-12,14H2,(H,24,27). The van der Waals surface area contributed by atoms with Crippen LogP contribution >= 0.6 is 0 Å². The highest BCUT2D eigenvalue weighted by Gasteiger charge is 2.29. The van der Waals surface area contributed by atoms with Crippen LogP contribution in [-0.4, -0.2) is 58.1 Å². The first-order valence-electron chi connectivity index (χ1n) is 9.63. The Bertz CT molecular complexity index is 734. The highest BCUT2D eigenvalue weighted by atomic mass is 16.2. The molecule has 1 unspecified atom stereocenters. The Labute approximate surface area is 159 Å². The third-order valence-electron chi connectivity index (χ3n) is 5.34. The van der Waals surface area contributed by atoms with Gasteiger partial charge in [-0.2, -0.15) is 0 Å². The first-order chi connectivity index (χ1) is 13.3. The van der Waals surface area contributed by atoms with Gasteiger partial charge in [0, 0.05) is 57.0 Å². The van der Waals surface area contributed by atoms with Crippen LogP contribution in [0.4, 0.5) is 11.8 Å². The molecule has 0 aromatic carbocycles. The molecule has 2 aliphatic heterocycles. The number of nitrogens with one attached hydrogen (secondary N) is 1. The van der Waals surface area contributed by atoms with Crippen LogP contribution in [0.25, 0.3) is 0 Å². The number of rotatable bonds is 4. The summed E-state index contributed by atoms with van der Waals surface area (Å²) in [5, 5.41) is 3.26. The molecule has 0 saturated carbocycles. The summed E-state index contributed by atoms with van der Waals surface area (Å²) in [6.45, 7) is 3.37. The van der Waals surface area contributed by atoms with Crippen molar-refractivity contribution in [1.82, 2.24) is 25.3 Å². The van der Waals surface area contributed by atoms with Gasteiger partial charge in [0.05, 0.1) is 12.1 Å². The van der Waals surface area contributed by atoms with Gasteiger partial charge >= 0.3 is 0 Å². The van der Waals surface area contributed by atoms with E-state index in [-0.39, 0.29) is 17.9 Å². The largest absolute Gasteiger partial charge is 0.355 e. The monoisotopic (exact) mass is 367 g/mol. The molecule has 0 aliphatic carbocycles. The Morgan fingerprint density at radius 1 is 0.963 bits per heavy atom. The maximum absolute atomic E-state index is 12.8. The summed E-state index contributed by atoms with van der Waals surface area (Å²) in [7, 11) is 0. The predicted molar refractivity (Wildman–Crippen MR) is 102 cm³/mol. The van der Waals surface area contributed by atoms with Gasteiger partial charge in [-0.1, -0.05) is 0 Å². The zero-order valence-electron chi connectivity index (χ0n) is 15.4. The summed E-state index contributed by atoms with van der Waals surface area (Å²) >= 11 is 0. The normalized spacial score (nSPS) is 21.1. The summed E-state index contributed by atoms with van der Waals surface area (Å²) in [6.07, 6.45) is 12.4. The second kappa shape index (κ2) is 8.28. The number of piperidine rings is 2. The smallest absolute Gasteiger partial charge is 0.225 e. The minimum Gasteiger partial charge on any atom is -0.355 e. The summed E-state index contributed by atoms with van der Waals surface area (Å²) in [5.74, 6) is 1.80. The van der Waals surface area contributed by atoms with Crippen LogP contribution in [0, 0.1) is 5.92 Å². The number of hydrogen-bond donors (Lipinski definition) is 1. The third-order valence-corrected chi connectivity index (χ3v) is 5.34. The number of carbonyl (C=O) groups is 1. The van der Waals surface area contributed by atoms with Crippen molar-refractivity contribution in [3.8, 4) is 0 Å². The van der Waals surface area contributed by atoms with Gasteiger partial charge in [0.25, 0.3) is 0 Å². The van der Waals surface area contributed by atoms with Gasteiger partial charge < -0.3 is 15.1 Å². The Balaban J connectivity index is 1.28. The molecule has 1 atom stereocenters. The molecular formula is C19H25N7O. The van der Waals surface area contributed by atoms with Gasteiger partial charge in [-0.3, -0.25) is 9.78 Å². The summed E-state index contributed by atoms with van der Waals surface area (Å²) < 4.78 is 0. The van der Waals surface area contributed by atoms with Crippen molar-refractivity contribution in [3.05, 3.63) is 37.1 Å². The molecule has 0 spiro atoms. The van der Waals surface area contributed by atoms with E-state index in [0.29, 0.717) is 6.54 Å². The minimum absolute atomic E-state index is 0.0104. The second-order valence-electron chi connectivity index (χ2n) is 7.17. The van der Waals surface area contributed by atoms with E-state index in [4.69, 9.17) is 0 Å². The van der Waals surface area contributed by atoms with Gasteiger partial charge in [0.1, 0.15) is 5.82 Å². The fourth-order valence-electron chi connectivity index (χ4n) is 3.85. The lowest BCUT2D eigenvalue weighted by molar-refractivity contribution is -0.126. The van der Waals surface area contributed by atoms with Crippen LogP contribution in [0.3, 0.4) is 0 Å². The van der Waals surface area contributed by atoms with Crippen LogP contribution in [0.1, 0.15) is 25.7 Å². The van der Waals surface area contributed by atoms with E-state index in [0.717, 1.165) is 57.1 Å². The number of anilines is 2. The highest BCUT2D eigenvalue weighted by Crippen LogP contribution is 2.22. The summed E-state index contributed by atoms with van der Waals surface area (Å²) in [5.41, 5.74) is 0. The van der Waals surface area contributed by atoms with Gasteiger partial charge in [-0.25, -0.2) is 15.0 Å². The first kappa shape index (κ1) is 17.6. The van der Waals surface area contributed by atoms with Gasteiger partial charge in [0.15, 0.2) is 0 Å². The average molecular weight is 367 g/mol. The molecule has 1 amide bonds. The van der Waals surface area contributed by atoms with Gasteiger partial charge in [-0.15, -0.1) is 0 Å². The number of carbonyl (C=O) groups excluding carboxylic acids is 1. The Morgan fingerprint density at radius 3 is 2.52 bits per heavy atom. The molecule has 2 aromatic heterocycles. The van der Waals surface area contributed by atoms with Crippen molar-refractivity contribution < 1.29 is 4.79 Å². The van der Waals surface area contributed by atoms with Crippen LogP contribution in [-0.2, 0) is 4.79 Å². The molecule has 0 bridgehead atoms. The second-order valence-corrected chi connectivity index (χ2v) is 7.17. The van der Waals surface area contributed by atoms with Crippen molar-refractivity contribution in [3.63, 3.8) is 0 Å². The number of amides is 1. The van der Waals surface area contributed by atoms with E-state index in [1.165, 1.54) is 0 Å². The summed E-state index contributed by atoms with van der Waals surface area (Å²) in [4.78, 5) is 34.2. The zero-order valence-corrected chi connectivity index (χ0v) is 15.4. The van der Waals surface area contributed by atoms with Crippen LogP contribution in [0.2, 0.25) is 0 Å². The molecule has 2 aliphatic rings. The molecule has 142 valence electrons. The van der Waals surface area contributed by atoms with Crippen LogP contribution in [0.5, 0.6) is 0 Å². The lowest BCUT2D eigenvalue weighted by Gasteiger charge is -2.35. The molecule has 2 saturated heterocycles. The van der Waals surface area contributed by atoms with E-state index in [2.05, 4.69) is 35.1 Å². The molecule has 0 radical (unpaired) electrons. The highest BCUT2D eigenvalue weighted by molar-refractivity contribution is 5.79. The van der Waals surface area contributed by atoms with E-state index in [1.54, 1.807) is 31.0 Å². The van der Waals surface area contributed by atoms with Crippen molar-refractivity contribution in [2.24, 2.45) is 5.92 Å². The van der Waals surface area contributed by atoms with Crippen molar-refractivity contribution in [2.75, 3.05) is 36.0 Å². The zero-order chi connectivity index (χ0) is 18.5. The van der Waals surface area contributed by atoms with E-state index in [1.807, 2.05) is 6.07 Å². The quantitative estimate of drug-likeness (QED) is 0.871. The Hall–Kier alpha value is -2.77. The molecule has 4 rings (SSSR count). The minimum atomic E-state index is 0.0104. The summed E-state index contributed by atoms with van der Waals surface area (Å²) in [6, 6.07) is 2.05. The first-order valence-corrected chi connectivity index (χ1v) is 9.63. The fraction of sp³-hybridized carbons (Fsp3) is 0.526. The maximum Gasteiger partial charge on any atom is 0.225 e. The number of aromatic nitrogens is 4. The molecule has 8 heteroatoms. The molecule has 2 aromatic rings. The molecule has 1 N–H and O–H groups in total. The van der Waals surface area contributed by atoms with E-state index >= 15 is 0 Å². The molecule has 2 fully saturated rings. The number of hydrogen-bond acceptors (Lipinski definition) is 7. The van der Waals surface area contributed by atoms with E-state index < -0.39 is 0 Å². The molecule has 27 heavy (non-hydrogen) atoms. The van der Waals surface area contributed by atoms with Gasteiger partial charge in [0.2, 0.25) is 11.9 Å². The third kappa shape index (κ3) is 4.32. The van der Waals surface area contributed by atoms with Gasteiger partial charge in [-0.05, 0) is 31.7 Å². The predicted octanol–water partition coefficient (Wildman–Crippen LogP) is 1.27. The van der Waals surface area contributed by atoms with Crippen LogP contribution in [0.15, 0.2) is 37.1 Å². The lowest BCUT2D eigenvalue weighted by atomic mass is 9.96. The van der Waals surface area contributed by atoms with Crippen molar-refractivity contribution >= 4 is 17.7 Å².